The van der Waals surface area contributed by atoms with Crippen LogP contribution in [0, 0.1) is 0 Å². The van der Waals surface area contributed by atoms with Gasteiger partial charge in [-0.2, -0.15) is 0 Å². The maximum Gasteiger partial charge on any atom is 0.344 e. The Morgan fingerprint density at radius 1 is 1.58 bits per heavy atom. The molecule has 3 rings (SSSR count). The van der Waals surface area contributed by atoms with E-state index in [-0.39, 0.29) is 15.9 Å². The molecule has 3 heterocycles. The molecule has 5 nitrogen and oxygen atoms in total. The molecule has 2 bridgehead atoms. The lowest BCUT2D eigenvalue weighted by molar-refractivity contribution is -0.132. The largest absolute Gasteiger partial charge is 0.477 e. The number of fused-ring (bicyclic) bond motifs is 2. The Bertz CT molecular complexity index is 542. The first-order chi connectivity index (χ1) is 9.09. The molecule has 0 radical (unpaired) electrons. The third-order valence-corrected chi connectivity index (χ3v) is 5.22. The first-order valence-electron chi connectivity index (χ1n) is 5.79. The van der Waals surface area contributed by atoms with Gasteiger partial charge in [-0.25, -0.2) is 4.79 Å². The second-order valence-corrected chi connectivity index (χ2v) is 6.21. The van der Waals surface area contributed by atoms with Gasteiger partial charge in [0.25, 0.3) is 0 Å². The number of rotatable bonds is 3. The zero-order chi connectivity index (χ0) is 13.6. The van der Waals surface area contributed by atoms with Crippen molar-refractivity contribution in [2.75, 3.05) is 12.4 Å². The molecule has 100 valence electrons. The summed E-state index contributed by atoms with van der Waals surface area (Å²) in [6.07, 6.45) is 1.53. The molecule has 0 aromatic carbocycles. The monoisotopic (exact) mass is 297 g/mol. The summed E-state index contributed by atoms with van der Waals surface area (Å²) < 4.78 is 5.34. The highest BCUT2D eigenvalue weighted by molar-refractivity contribution is 8.00. The van der Waals surface area contributed by atoms with Crippen molar-refractivity contribution in [3.05, 3.63) is 24.2 Å². The number of piperidine rings is 1. The highest BCUT2D eigenvalue weighted by Gasteiger charge is 2.51. The van der Waals surface area contributed by atoms with Crippen LogP contribution >= 0.6 is 24.0 Å². The van der Waals surface area contributed by atoms with Gasteiger partial charge >= 0.3 is 5.97 Å². The minimum Gasteiger partial charge on any atom is -0.477 e. The number of carboxylic acid groups (broad SMARTS) is 1. The van der Waals surface area contributed by atoms with Crippen LogP contribution in [0.25, 0.3) is 0 Å². The van der Waals surface area contributed by atoms with Crippen LogP contribution in [0.3, 0.4) is 0 Å². The van der Waals surface area contributed by atoms with E-state index in [4.69, 9.17) is 21.7 Å². The van der Waals surface area contributed by atoms with Gasteiger partial charge < -0.3 is 9.52 Å². The molecule has 7 heteroatoms. The number of thiocarbonyl (C=S) groups is 1. The topological polar surface area (TPSA) is 70.7 Å². The summed E-state index contributed by atoms with van der Waals surface area (Å²) in [6.45, 7) is 0.667. The van der Waals surface area contributed by atoms with Crippen molar-refractivity contribution in [2.24, 2.45) is 0 Å². The Balaban J connectivity index is 1.97. The Morgan fingerprint density at radius 3 is 3.00 bits per heavy atom. The van der Waals surface area contributed by atoms with Gasteiger partial charge in [0.2, 0.25) is 0 Å². The Labute approximate surface area is 118 Å². The summed E-state index contributed by atoms with van der Waals surface area (Å²) in [5, 5.41) is 9.16. The van der Waals surface area contributed by atoms with Gasteiger partial charge in [-0.05, 0) is 12.1 Å². The first kappa shape index (κ1) is 12.8. The molecule has 2 fully saturated rings. The highest BCUT2D eigenvalue weighted by atomic mass is 32.2. The van der Waals surface area contributed by atoms with E-state index >= 15 is 0 Å². The van der Waals surface area contributed by atoms with E-state index in [1.807, 2.05) is 4.90 Å². The highest BCUT2D eigenvalue weighted by Crippen LogP contribution is 2.42. The van der Waals surface area contributed by atoms with Gasteiger partial charge in [0.05, 0.1) is 12.2 Å². The van der Waals surface area contributed by atoms with E-state index < -0.39 is 17.9 Å². The fourth-order valence-corrected chi connectivity index (χ4v) is 4.31. The van der Waals surface area contributed by atoms with E-state index in [0.29, 0.717) is 18.2 Å². The first-order valence-corrected chi connectivity index (χ1v) is 7.25. The fourth-order valence-electron chi connectivity index (χ4n) is 2.65. The third kappa shape index (κ3) is 2.01. The summed E-state index contributed by atoms with van der Waals surface area (Å²) >= 11 is 6.57. The number of carbonyl (C=O) groups excluding carboxylic acids is 1. The summed E-state index contributed by atoms with van der Waals surface area (Å²) in [5.74, 6) is -0.528. The van der Waals surface area contributed by atoms with Crippen LogP contribution in [-0.2, 0) is 9.59 Å². The molecule has 2 aliphatic rings. The lowest BCUT2D eigenvalue weighted by Gasteiger charge is -2.33. The Kier molecular flexibility index (Phi) is 3.20. The number of thioether (sulfide) groups is 1. The number of carboxylic acids is 1. The predicted molar refractivity (Wildman–Crippen MR) is 73.4 cm³/mol. The second kappa shape index (κ2) is 4.73. The Morgan fingerprint density at radius 2 is 2.37 bits per heavy atom. The van der Waals surface area contributed by atoms with Gasteiger partial charge in [0.1, 0.15) is 16.7 Å². The van der Waals surface area contributed by atoms with Crippen molar-refractivity contribution in [1.29, 1.82) is 0 Å². The number of hydrogen-bond acceptors (Lipinski definition) is 6. The van der Waals surface area contributed by atoms with E-state index in [0.717, 1.165) is 0 Å². The van der Waals surface area contributed by atoms with Crippen molar-refractivity contribution in [2.45, 2.75) is 17.2 Å². The molecular weight excluding hydrogens is 286 g/mol. The number of carbonyl (C=O) groups is 2. The van der Waals surface area contributed by atoms with E-state index in [2.05, 4.69) is 0 Å². The van der Waals surface area contributed by atoms with Crippen LogP contribution in [0.1, 0.15) is 11.7 Å². The molecule has 0 amide bonds. The predicted octanol–water partition coefficient (Wildman–Crippen LogP) is 1.14. The van der Waals surface area contributed by atoms with Gasteiger partial charge in [-0.1, -0.05) is 12.2 Å². The van der Waals surface area contributed by atoms with Gasteiger partial charge in [0.15, 0.2) is 5.78 Å². The molecule has 2 aliphatic heterocycles. The van der Waals surface area contributed by atoms with Crippen LogP contribution in [-0.4, -0.2) is 50.3 Å². The Hall–Kier alpha value is -1.18. The van der Waals surface area contributed by atoms with Crippen molar-refractivity contribution in [3.63, 3.8) is 0 Å². The van der Waals surface area contributed by atoms with E-state index in [1.165, 1.54) is 6.26 Å². The summed E-state index contributed by atoms with van der Waals surface area (Å²) in [4.78, 5) is 25.2. The molecule has 19 heavy (non-hydrogen) atoms. The lowest BCUT2D eigenvalue weighted by Crippen LogP contribution is -2.54. The molecule has 4 unspecified atom stereocenters. The number of ketones is 1. The van der Waals surface area contributed by atoms with Crippen molar-refractivity contribution in [3.8, 4) is 0 Å². The van der Waals surface area contributed by atoms with Crippen molar-refractivity contribution in [1.82, 2.24) is 4.90 Å². The minimum absolute atomic E-state index is 0.117. The molecule has 0 aliphatic carbocycles. The average Bonchev–Trinajstić information content (AvgIpc) is 3.00. The molecule has 4 atom stereocenters. The summed E-state index contributed by atoms with van der Waals surface area (Å²) in [7, 11) is 0. The summed E-state index contributed by atoms with van der Waals surface area (Å²) in [5.41, 5.74) is 0. The molecule has 1 aromatic heterocycles. The smallest absolute Gasteiger partial charge is 0.344 e. The van der Waals surface area contributed by atoms with Crippen molar-refractivity contribution < 1.29 is 19.1 Å². The number of Topliss-reactive ketones (excluding diaryl/α,β-unsaturated/α-hetero) is 1. The molecule has 1 N–H and O–H groups in total. The minimum atomic E-state index is -1.19. The van der Waals surface area contributed by atoms with E-state index in [9.17, 15) is 9.59 Å². The second-order valence-electron chi connectivity index (χ2n) is 4.57. The lowest BCUT2D eigenvalue weighted by atomic mass is 9.86. The molecule has 0 saturated carbocycles. The normalized spacial score (nSPS) is 33.4. The van der Waals surface area contributed by atoms with E-state index in [1.54, 1.807) is 23.9 Å². The SMILES string of the molecule is O=C(O)C(=S)C1C(=O)C(c2ccco2)C2CN1CS2. The molecular formula is C12H11NO4S2. The van der Waals surface area contributed by atoms with Gasteiger partial charge in [-0.15, -0.1) is 11.8 Å². The number of aliphatic carboxylic acids is 1. The van der Waals surface area contributed by atoms with Crippen LogP contribution in [0.15, 0.2) is 22.8 Å². The van der Waals surface area contributed by atoms with Crippen LogP contribution < -0.4 is 0 Å². The van der Waals surface area contributed by atoms with Crippen LogP contribution in [0.4, 0.5) is 0 Å². The third-order valence-electron chi connectivity index (χ3n) is 3.49. The maximum atomic E-state index is 12.6. The van der Waals surface area contributed by atoms with Gasteiger partial charge in [0, 0.05) is 17.7 Å². The quantitative estimate of drug-likeness (QED) is 0.839. The van der Waals surface area contributed by atoms with Crippen molar-refractivity contribution >= 4 is 40.6 Å². The number of nitrogens with zero attached hydrogens (tertiary/aromatic N) is 1. The zero-order valence-corrected chi connectivity index (χ0v) is 11.4. The fraction of sp³-hybridized carbons (Fsp3) is 0.417. The van der Waals surface area contributed by atoms with Gasteiger partial charge in [-0.3, -0.25) is 9.69 Å². The molecule has 1 aromatic rings. The van der Waals surface area contributed by atoms with Crippen LogP contribution in [0.5, 0.6) is 0 Å². The standard InChI is InChI=1S/C12H11NO4S2/c14-10-8(6-2-1-3-17-6)7-4-13(5-19-7)9(10)11(18)12(15)16/h1-3,7-9H,4-5H2,(H,15,16). The summed E-state index contributed by atoms with van der Waals surface area (Å²) in [6, 6.07) is 2.69. The number of furan rings is 1. The van der Waals surface area contributed by atoms with Crippen LogP contribution in [0.2, 0.25) is 0 Å². The average molecular weight is 297 g/mol. The number of hydrogen-bond donors (Lipinski definition) is 1. The molecule has 0 spiro atoms. The maximum absolute atomic E-state index is 12.6. The zero-order valence-electron chi connectivity index (χ0n) is 9.81. The molecule has 2 saturated heterocycles.